The molecule has 0 amide bonds. The van der Waals surface area contributed by atoms with Crippen molar-refractivity contribution in [1.29, 1.82) is 0 Å². The highest BCUT2D eigenvalue weighted by Crippen LogP contribution is 2.22. The van der Waals surface area contributed by atoms with Crippen molar-refractivity contribution >= 4 is 11.6 Å². The molecule has 1 aromatic carbocycles. The Morgan fingerprint density at radius 3 is 2.50 bits per heavy atom. The smallest absolute Gasteiger partial charge is 0.239 e. The molecular weight excluding hydrogens is 276 g/mol. The zero-order chi connectivity index (χ0) is 15.5. The number of anilines is 2. The molecule has 2 aromatic rings. The first-order valence-corrected chi connectivity index (χ1v) is 7.83. The monoisotopic (exact) mass is 300 g/mol. The number of benzene rings is 1. The maximum absolute atomic E-state index is 5.51. The lowest BCUT2D eigenvalue weighted by molar-refractivity contribution is 0.410. The van der Waals surface area contributed by atoms with E-state index in [2.05, 4.69) is 57.4 Å². The van der Waals surface area contributed by atoms with E-state index in [1.165, 1.54) is 16.8 Å². The van der Waals surface area contributed by atoms with Gasteiger partial charge in [0, 0.05) is 24.8 Å². The van der Waals surface area contributed by atoms with Crippen molar-refractivity contribution in [2.45, 2.75) is 39.3 Å². The Morgan fingerprint density at radius 2 is 1.91 bits per heavy atom. The number of aryl methyl sites for hydroxylation is 2. The van der Waals surface area contributed by atoms with Gasteiger partial charge in [0.25, 0.3) is 0 Å². The summed E-state index contributed by atoms with van der Waals surface area (Å²) in [6.45, 7) is 7.18. The minimum atomic E-state index is 0.307. The number of aromatic amines is 1. The summed E-state index contributed by atoms with van der Waals surface area (Å²) in [5.41, 5.74) is 9.52. The van der Waals surface area contributed by atoms with E-state index in [0.29, 0.717) is 18.5 Å². The number of nitrogen functional groups attached to an aromatic ring is 1. The van der Waals surface area contributed by atoms with Gasteiger partial charge in [-0.15, -0.1) is 5.10 Å². The van der Waals surface area contributed by atoms with Crippen molar-refractivity contribution < 1.29 is 0 Å². The summed E-state index contributed by atoms with van der Waals surface area (Å²) in [5, 5.41) is 10.2. The van der Waals surface area contributed by atoms with Crippen LogP contribution in [0.25, 0.3) is 0 Å². The fraction of sp³-hybridized carbons (Fsp3) is 0.500. The van der Waals surface area contributed by atoms with E-state index in [0.717, 1.165) is 31.8 Å². The van der Waals surface area contributed by atoms with Crippen molar-refractivity contribution in [3.05, 3.63) is 35.2 Å². The highest BCUT2D eigenvalue weighted by Gasteiger charge is 2.19. The Morgan fingerprint density at radius 1 is 1.23 bits per heavy atom. The van der Waals surface area contributed by atoms with Crippen LogP contribution < -0.4 is 16.0 Å². The first-order chi connectivity index (χ1) is 10.6. The summed E-state index contributed by atoms with van der Waals surface area (Å²) >= 11 is 0. The fourth-order valence-corrected chi connectivity index (χ4v) is 3.11. The highest BCUT2D eigenvalue weighted by atomic mass is 15.3. The van der Waals surface area contributed by atoms with E-state index in [9.17, 15) is 0 Å². The van der Waals surface area contributed by atoms with Crippen molar-refractivity contribution in [1.82, 2.24) is 20.5 Å². The van der Waals surface area contributed by atoms with Gasteiger partial charge in [-0.05, 0) is 49.9 Å². The molecule has 0 unspecified atom stereocenters. The molecule has 4 N–H and O–H groups in total. The van der Waals surface area contributed by atoms with E-state index in [1.54, 1.807) is 0 Å². The van der Waals surface area contributed by atoms with Crippen LogP contribution >= 0.6 is 0 Å². The zero-order valence-electron chi connectivity index (χ0n) is 13.3. The molecule has 3 rings (SSSR count). The molecule has 1 aromatic heterocycles. The molecule has 0 atom stereocenters. The molecule has 1 aliphatic rings. The molecule has 6 heteroatoms. The molecule has 2 heterocycles. The number of H-pyrrole nitrogens is 1. The van der Waals surface area contributed by atoms with Crippen molar-refractivity contribution in [3.8, 4) is 0 Å². The maximum Gasteiger partial charge on any atom is 0.239 e. The van der Waals surface area contributed by atoms with Gasteiger partial charge in [0.1, 0.15) is 5.82 Å². The van der Waals surface area contributed by atoms with E-state index in [4.69, 9.17) is 5.73 Å². The number of hydrogen-bond donors (Lipinski definition) is 3. The van der Waals surface area contributed by atoms with Crippen LogP contribution in [0.3, 0.4) is 0 Å². The molecule has 0 aliphatic carbocycles. The van der Waals surface area contributed by atoms with Crippen LogP contribution in [-0.4, -0.2) is 34.3 Å². The lowest BCUT2D eigenvalue weighted by atomic mass is 10.0. The van der Waals surface area contributed by atoms with Gasteiger partial charge in [0.05, 0.1) is 6.54 Å². The van der Waals surface area contributed by atoms with Gasteiger partial charge in [-0.3, -0.25) is 5.10 Å². The van der Waals surface area contributed by atoms with Crippen molar-refractivity contribution in [2.24, 2.45) is 0 Å². The Kier molecular flexibility index (Phi) is 4.29. The zero-order valence-corrected chi connectivity index (χ0v) is 13.3. The van der Waals surface area contributed by atoms with Gasteiger partial charge < -0.3 is 16.0 Å². The lowest BCUT2D eigenvalue weighted by Crippen LogP contribution is -2.42. The number of nitrogens with two attached hydrogens (primary N) is 1. The first-order valence-electron chi connectivity index (χ1n) is 7.83. The molecule has 0 bridgehead atoms. The van der Waals surface area contributed by atoms with Gasteiger partial charge in [-0.2, -0.15) is 4.98 Å². The van der Waals surface area contributed by atoms with Crippen LogP contribution in [0.2, 0.25) is 0 Å². The third-order valence-corrected chi connectivity index (χ3v) is 4.17. The van der Waals surface area contributed by atoms with Gasteiger partial charge in [0.2, 0.25) is 5.95 Å². The SMILES string of the molecule is Cc1cc(C)cc(N2CCC(NCc3nc(N)n[nH]3)CC2)c1. The van der Waals surface area contributed by atoms with Gasteiger partial charge in [0.15, 0.2) is 0 Å². The Balaban J connectivity index is 1.51. The molecular formula is C16H24N6. The molecule has 118 valence electrons. The van der Waals surface area contributed by atoms with Crippen LogP contribution in [-0.2, 0) is 6.54 Å². The van der Waals surface area contributed by atoms with Gasteiger partial charge in [-0.25, -0.2) is 0 Å². The normalized spacial score (nSPS) is 16.2. The average molecular weight is 300 g/mol. The maximum atomic E-state index is 5.51. The summed E-state index contributed by atoms with van der Waals surface area (Å²) < 4.78 is 0. The van der Waals surface area contributed by atoms with Crippen LogP contribution in [0.5, 0.6) is 0 Å². The Hall–Kier alpha value is -2.08. The molecule has 1 aliphatic heterocycles. The summed E-state index contributed by atoms with van der Waals surface area (Å²) in [4.78, 5) is 6.59. The summed E-state index contributed by atoms with van der Waals surface area (Å²) in [6.07, 6.45) is 2.27. The third-order valence-electron chi connectivity index (χ3n) is 4.17. The lowest BCUT2D eigenvalue weighted by Gasteiger charge is -2.34. The topological polar surface area (TPSA) is 82.9 Å². The second-order valence-electron chi connectivity index (χ2n) is 6.13. The number of nitrogens with one attached hydrogen (secondary N) is 2. The highest BCUT2D eigenvalue weighted by molar-refractivity contribution is 5.51. The first kappa shape index (κ1) is 14.8. The van der Waals surface area contributed by atoms with Crippen LogP contribution in [0.1, 0.15) is 29.8 Å². The molecule has 0 spiro atoms. The molecule has 0 saturated carbocycles. The van der Waals surface area contributed by atoms with E-state index in [1.807, 2.05) is 0 Å². The van der Waals surface area contributed by atoms with Crippen molar-refractivity contribution in [3.63, 3.8) is 0 Å². The summed E-state index contributed by atoms with van der Waals surface area (Å²) in [7, 11) is 0. The van der Waals surface area contributed by atoms with Gasteiger partial charge in [-0.1, -0.05) is 6.07 Å². The predicted molar refractivity (Wildman–Crippen MR) is 88.8 cm³/mol. The van der Waals surface area contributed by atoms with Gasteiger partial charge >= 0.3 is 0 Å². The fourth-order valence-electron chi connectivity index (χ4n) is 3.11. The summed E-state index contributed by atoms with van der Waals surface area (Å²) in [5.74, 6) is 1.11. The number of aromatic nitrogens is 3. The Labute approximate surface area is 131 Å². The predicted octanol–water partition coefficient (Wildman–Crippen LogP) is 1.76. The number of rotatable bonds is 4. The number of nitrogens with zero attached hydrogens (tertiary/aromatic N) is 3. The number of hydrogen-bond acceptors (Lipinski definition) is 5. The minimum absolute atomic E-state index is 0.307. The Bertz CT molecular complexity index is 607. The van der Waals surface area contributed by atoms with E-state index < -0.39 is 0 Å². The molecule has 1 saturated heterocycles. The second kappa shape index (κ2) is 6.36. The summed E-state index contributed by atoms with van der Waals surface area (Å²) in [6, 6.07) is 7.30. The second-order valence-corrected chi connectivity index (χ2v) is 6.13. The van der Waals surface area contributed by atoms with E-state index >= 15 is 0 Å². The molecule has 22 heavy (non-hydrogen) atoms. The third kappa shape index (κ3) is 3.57. The molecule has 1 fully saturated rings. The standard InChI is InChI=1S/C16H24N6/c1-11-7-12(2)9-14(8-11)22-5-3-13(4-6-22)18-10-15-19-16(17)21-20-15/h7-9,13,18H,3-6,10H2,1-2H3,(H3,17,19,20,21). The van der Waals surface area contributed by atoms with E-state index in [-0.39, 0.29) is 0 Å². The molecule has 6 nitrogen and oxygen atoms in total. The number of piperidine rings is 1. The van der Waals surface area contributed by atoms with Crippen molar-refractivity contribution in [2.75, 3.05) is 23.7 Å². The van der Waals surface area contributed by atoms with Crippen LogP contribution in [0.4, 0.5) is 11.6 Å². The average Bonchev–Trinajstić information content (AvgIpc) is 2.90. The van der Waals surface area contributed by atoms with Crippen LogP contribution in [0, 0.1) is 13.8 Å². The molecule has 0 radical (unpaired) electrons. The quantitative estimate of drug-likeness (QED) is 0.801. The van der Waals surface area contributed by atoms with Crippen LogP contribution in [0.15, 0.2) is 18.2 Å². The largest absolute Gasteiger partial charge is 0.371 e. The minimum Gasteiger partial charge on any atom is -0.371 e.